The summed E-state index contributed by atoms with van der Waals surface area (Å²) >= 11 is 0. The summed E-state index contributed by atoms with van der Waals surface area (Å²) in [6.45, 7) is 3.24. The van der Waals surface area contributed by atoms with Crippen LogP contribution in [0.2, 0.25) is 0 Å². The minimum absolute atomic E-state index is 0.343. The van der Waals surface area contributed by atoms with E-state index in [0.717, 1.165) is 11.4 Å². The summed E-state index contributed by atoms with van der Waals surface area (Å²) in [5.41, 5.74) is 1.79. The molecule has 2 aromatic rings. The van der Waals surface area contributed by atoms with Crippen molar-refractivity contribution in [1.29, 1.82) is 0 Å². The number of ether oxygens (including phenoxy) is 2. The van der Waals surface area contributed by atoms with Gasteiger partial charge in [-0.3, -0.25) is 9.59 Å². The summed E-state index contributed by atoms with van der Waals surface area (Å²) in [4.78, 5) is 21.7. The Bertz CT molecular complexity index is 606. The van der Waals surface area contributed by atoms with Crippen LogP contribution in [0.5, 0.6) is 11.5 Å². The molecule has 0 atom stereocenters. The third-order valence-electron chi connectivity index (χ3n) is 2.82. The first kappa shape index (κ1) is 16.4. The van der Waals surface area contributed by atoms with Crippen molar-refractivity contribution in [3.05, 3.63) is 48.5 Å². The zero-order valence-electron chi connectivity index (χ0n) is 13.0. The van der Waals surface area contributed by atoms with Gasteiger partial charge in [-0.25, -0.2) is 0 Å². The highest BCUT2D eigenvalue weighted by atomic mass is 16.5. The Morgan fingerprint density at radius 2 is 1.09 bits per heavy atom. The fraction of sp³-hybridized carbons (Fsp3) is 0.176. The van der Waals surface area contributed by atoms with E-state index in [0.29, 0.717) is 18.2 Å². The first-order chi connectivity index (χ1) is 11.0. The Labute approximate surface area is 134 Å². The monoisotopic (exact) mass is 314 g/mol. The summed E-state index contributed by atoms with van der Waals surface area (Å²) in [6.07, 6.45) is 0. The first-order valence-corrected chi connectivity index (χ1v) is 7.07. The summed E-state index contributed by atoms with van der Waals surface area (Å²) in [6, 6.07) is 14.2. The van der Waals surface area contributed by atoms with Gasteiger partial charge in [0.2, 0.25) is 0 Å². The van der Waals surface area contributed by atoms with Crippen LogP contribution in [0.4, 0.5) is 11.4 Å². The van der Waals surface area contributed by atoms with Crippen LogP contribution in [0.15, 0.2) is 48.5 Å². The molecule has 0 spiro atoms. The van der Waals surface area contributed by atoms with E-state index in [4.69, 9.17) is 9.47 Å². The Kier molecular flexibility index (Phi) is 5.57. The van der Waals surface area contributed by atoms with Gasteiger partial charge >= 0.3 is 11.9 Å². The lowest BCUT2D eigenvalue weighted by atomic mass is 10.3. The lowest BCUT2D eigenvalue weighted by molar-refractivity contribution is -0.132. The van der Waals surface area contributed by atoms with Crippen molar-refractivity contribution in [2.45, 2.75) is 13.8 Å². The normalized spacial score (nSPS) is 9.83. The molecule has 2 rings (SSSR count). The molecule has 0 saturated heterocycles. The zero-order chi connectivity index (χ0) is 16.7. The molecule has 2 N–H and O–H groups in total. The Hall–Kier alpha value is -3.02. The molecular weight excluding hydrogens is 296 g/mol. The van der Waals surface area contributed by atoms with Gasteiger partial charge in [-0.2, -0.15) is 0 Å². The highest BCUT2D eigenvalue weighted by Gasteiger charge is 1.99. The fourth-order valence-electron chi connectivity index (χ4n) is 1.86. The molecule has 0 bridgehead atoms. The predicted molar refractivity (Wildman–Crippen MR) is 87.6 cm³/mol. The van der Waals surface area contributed by atoms with Gasteiger partial charge in [-0.1, -0.05) is 0 Å². The molecule has 0 unspecified atom stereocenters. The second-order valence-corrected chi connectivity index (χ2v) is 4.77. The Morgan fingerprint density at radius 1 is 0.739 bits per heavy atom. The quantitative estimate of drug-likeness (QED) is 0.485. The van der Waals surface area contributed by atoms with Crippen molar-refractivity contribution in [1.82, 2.24) is 0 Å². The standard InChI is InChI=1S/C17H18N2O4/c1-12(20)22-16-7-3-14(4-8-16)18-11-19-15-5-9-17(10-6-15)23-13(2)21/h3-10,18-19H,11H2,1-2H3. The van der Waals surface area contributed by atoms with E-state index < -0.39 is 0 Å². The molecule has 0 aliphatic rings. The Morgan fingerprint density at radius 3 is 1.39 bits per heavy atom. The van der Waals surface area contributed by atoms with Crippen molar-refractivity contribution in [3.8, 4) is 11.5 Å². The molecular formula is C17H18N2O4. The number of esters is 2. The third-order valence-corrected chi connectivity index (χ3v) is 2.82. The smallest absolute Gasteiger partial charge is 0.308 e. The van der Waals surface area contributed by atoms with Crippen LogP contribution in [-0.2, 0) is 9.59 Å². The summed E-state index contributed by atoms with van der Waals surface area (Å²) in [7, 11) is 0. The average molecular weight is 314 g/mol. The van der Waals surface area contributed by atoms with Gasteiger partial charge in [0.25, 0.3) is 0 Å². The van der Waals surface area contributed by atoms with Crippen LogP contribution in [0.1, 0.15) is 13.8 Å². The van der Waals surface area contributed by atoms with Crippen LogP contribution in [0, 0.1) is 0 Å². The lowest BCUT2D eigenvalue weighted by Crippen LogP contribution is -2.11. The zero-order valence-corrected chi connectivity index (χ0v) is 13.0. The molecule has 23 heavy (non-hydrogen) atoms. The number of benzene rings is 2. The number of anilines is 2. The van der Waals surface area contributed by atoms with Gasteiger partial charge < -0.3 is 20.1 Å². The van der Waals surface area contributed by atoms with E-state index in [1.165, 1.54) is 13.8 Å². The van der Waals surface area contributed by atoms with E-state index >= 15 is 0 Å². The largest absolute Gasteiger partial charge is 0.427 e. The molecule has 6 nitrogen and oxygen atoms in total. The van der Waals surface area contributed by atoms with Gasteiger partial charge in [0.05, 0.1) is 6.67 Å². The maximum Gasteiger partial charge on any atom is 0.308 e. The molecule has 0 saturated carbocycles. The highest BCUT2D eigenvalue weighted by molar-refractivity contribution is 5.70. The van der Waals surface area contributed by atoms with Crippen LogP contribution >= 0.6 is 0 Å². The molecule has 120 valence electrons. The number of carbonyl (C=O) groups excluding carboxylic acids is 2. The second kappa shape index (κ2) is 7.84. The van der Waals surface area contributed by atoms with Crippen molar-refractivity contribution >= 4 is 23.3 Å². The van der Waals surface area contributed by atoms with E-state index in [1.54, 1.807) is 24.3 Å². The molecule has 0 aliphatic carbocycles. The molecule has 0 fully saturated rings. The van der Waals surface area contributed by atoms with E-state index in [2.05, 4.69) is 10.6 Å². The van der Waals surface area contributed by atoms with Crippen molar-refractivity contribution in [2.24, 2.45) is 0 Å². The fourth-order valence-corrected chi connectivity index (χ4v) is 1.86. The van der Waals surface area contributed by atoms with Crippen LogP contribution in [-0.4, -0.2) is 18.6 Å². The number of hydrogen-bond donors (Lipinski definition) is 2. The van der Waals surface area contributed by atoms with Crippen LogP contribution in [0.25, 0.3) is 0 Å². The van der Waals surface area contributed by atoms with Gasteiger partial charge in [-0.05, 0) is 48.5 Å². The first-order valence-electron chi connectivity index (χ1n) is 7.07. The molecule has 0 radical (unpaired) electrons. The number of rotatable bonds is 6. The topological polar surface area (TPSA) is 76.7 Å². The Balaban J connectivity index is 1.80. The molecule has 6 heteroatoms. The maximum absolute atomic E-state index is 10.8. The van der Waals surface area contributed by atoms with Crippen LogP contribution in [0.3, 0.4) is 0 Å². The predicted octanol–water partition coefficient (Wildman–Crippen LogP) is 3.02. The van der Waals surface area contributed by atoms with E-state index in [9.17, 15) is 9.59 Å². The number of carbonyl (C=O) groups is 2. The van der Waals surface area contributed by atoms with Crippen molar-refractivity contribution in [3.63, 3.8) is 0 Å². The number of hydrogen-bond acceptors (Lipinski definition) is 6. The number of nitrogens with one attached hydrogen (secondary N) is 2. The highest BCUT2D eigenvalue weighted by Crippen LogP contribution is 2.17. The van der Waals surface area contributed by atoms with Crippen LogP contribution < -0.4 is 20.1 Å². The van der Waals surface area contributed by atoms with Crippen molar-refractivity contribution < 1.29 is 19.1 Å². The third kappa shape index (κ3) is 5.70. The van der Waals surface area contributed by atoms with Gasteiger partial charge in [0, 0.05) is 25.2 Å². The minimum Gasteiger partial charge on any atom is -0.427 e. The van der Waals surface area contributed by atoms with Gasteiger partial charge in [-0.15, -0.1) is 0 Å². The van der Waals surface area contributed by atoms with Gasteiger partial charge in [0.15, 0.2) is 0 Å². The van der Waals surface area contributed by atoms with E-state index in [1.807, 2.05) is 24.3 Å². The summed E-state index contributed by atoms with van der Waals surface area (Å²) in [5, 5.41) is 6.37. The summed E-state index contributed by atoms with van der Waals surface area (Å²) < 4.78 is 9.93. The molecule has 0 amide bonds. The maximum atomic E-state index is 10.8. The SMILES string of the molecule is CC(=O)Oc1ccc(NCNc2ccc(OC(C)=O)cc2)cc1. The average Bonchev–Trinajstić information content (AvgIpc) is 2.50. The lowest BCUT2D eigenvalue weighted by Gasteiger charge is -2.10. The summed E-state index contributed by atoms with van der Waals surface area (Å²) in [5.74, 6) is 0.336. The molecule has 0 aliphatic heterocycles. The minimum atomic E-state index is -0.343. The van der Waals surface area contributed by atoms with Crippen molar-refractivity contribution in [2.75, 3.05) is 17.3 Å². The van der Waals surface area contributed by atoms with E-state index in [-0.39, 0.29) is 11.9 Å². The molecule has 2 aromatic carbocycles. The molecule has 0 heterocycles. The second-order valence-electron chi connectivity index (χ2n) is 4.77. The van der Waals surface area contributed by atoms with Gasteiger partial charge in [0.1, 0.15) is 11.5 Å². The molecule has 0 aromatic heterocycles.